The average Bonchev–Trinajstić information content (AvgIpc) is 2.98. The van der Waals surface area contributed by atoms with Crippen LogP contribution < -0.4 is 0 Å². The third kappa shape index (κ3) is 1.13. The minimum Gasteiger partial charge on any atom is -0.368 e. The molecule has 2 aliphatic heterocycles. The Labute approximate surface area is 71.1 Å². The Morgan fingerprint density at radius 2 is 1.50 bits per heavy atom. The van der Waals surface area contributed by atoms with E-state index < -0.39 is 0 Å². The fourth-order valence-corrected chi connectivity index (χ4v) is 1.44. The highest BCUT2D eigenvalue weighted by Gasteiger charge is 2.28. The average molecular weight is 162 g/mol. The molecule has 62 valence electrons. The van der Waals surface area contributed by atoms with Crippen molar-refractivity contribution in [1.82, 2.24) is 0 Å². The van der Waals surface area contributed by atoms with E-state index in [1.54, 1.807) is 0 Å². The van der Waals surface area contributed by atoms with Crippen molar-refractivity contribution >= 4 is 0 Å². The van der Waals surface area contributed by atoms with Crippen molar-refractivity contribution in [2.45, 2.75) is 12.2 Å². The zero-order chi connectivity index (χ0) is 7.97. The predicted octanol–water partition coefficient (Wildman–Crippen LogP) is 1.83. The predicted molar refractivity (Wildman–Crippen MR) is 43.8 cm³/mol. The minimum absolute atomic E-state index is 0.365. The molecule has 2 saturated heterocycles. The molecule has 2 heteroatoms. The normalized spacial score (nSPS) is 31.7. The van der Waals surface area contributed by atoms with Crippen LogP contribution in [0.1, 0.15) is 23.3 Å². The summed E-state index contributed by atoms with van der Waals surface area (Å²) in [6, 6.07) is 8.50. The summed E-state index contributed by atoms with van der Waals surface area (Å²) >= 11 is 0. The number of epoxide rings is 2. The van der Waals surface area contributed by atoms with Crippen LogP contribution in [-0.4, -0.2) is 13.2 Å². The molecule has 1 aromatic rings. The highest BCUT2D eigenvalue weighted by Crippen LogP contribution is 2.34. The third-order valence-corrected chi connectivity index (χ3v) is 2.32. The van der Waals surface area contributed by atoms with Gasteiger partial charge in [0.25, 0.3) is 0 Å². The van der Waals surface area contributed by atoms with Crippen LogP contribution in [0, 0.1) is 0 Å². The van der Waals surface area contributed by atoms with Gasteiger partial charge in [0.1, 0.15) is 12.2 Å². The Bertz CT molecular complexity index is 273. The van der Waals surface area contributed by atoms with Crippen molar-refractivity contribution in [2.24, 2.45) is 0 Å². The van der Waals surface area contributed by atoms with Crippen LogP contribution in [0.4, 0.5) is 0 Å². The molecule has 0 amide bonds. The van der Waals surface area contributed by atoms with Crippen molar-refractivity contribution in [3.05, 3.63) is 35.4 Å². The summed E-state index contributed by atoms with van der Waals surface area (Å²) in [4.78, 5) is 0. The van der Waals surface area contributed by atoms with Crippen molar-refractivity contribution < 1.29 is 9.47 Å². The highest BCUT2D eigenvalue weighted by atomic mass is 16.6. The van der Waals surface area contributed by atoms with Gasteiger partial charge in [0.05, 0.1) is 13.2 Å². The first-order chi connectivity index (χ1) is 5.93. The van der Waals surface area contributed by atoms with Gasteiger partial charge in [-0.1, -0.05) is 24.3 Å². The standard InChI is InChI=1S/C10H10O2/c1-2-7(9-5-11-9)4-8(3-1)10-6-12-10/h1-4,9-10H,5-6H2/t9-,10-/m0/s1. The van der Waals surface area contributed by atoms with Crippen LogP contribution in [0.2, 0.25) is 0 Å². The molecule has 3 rings (SSSR count). The van der Waals surface area contributed by atoms with Gasteiger partial charge < -0.3 is 9.47 Å². The van der Waals surface area contributed by atoms with Gasteiger partial charge in [-0.05, 0) is 11.1 Å². The third-order valence-electron chi connectivity index (χ3n) is 2.32. The second-order valence-electron chi connectivity index (χ2n) is 3.31. The fourth-order valence-electron chi connectivity index (χ4n) is 1.44. The summed E-state index contributed by atoms with van der Waals surface area (Å²) in [5, 5.41) is 0. The van der Waals surface area contributed by atoms with Crippen LogP contribution >= 0.6 is 0 Å². The lowest BCUT2D eigenvalue weighted by Crippen LogP contribution is -1.84. The van der Waals surface area contributed by atoms with Gasteiger partial charge in [-0.25, -0.2) is 0 Å². The lowest BCUT2D eigenvalue weighted by Gasteiger charge is -1.98. The Morgan fingerprint density at radius 1 is 1.00 bits per heavy atom. The molecule has 0 saturated carbocycles. The van der Waals surface area contributed by atoms with Gasteiger partial charge in [0.15, 0.2) is 0 Å². The van der Waals surface area contributed by atoms with E-state index in [4.69, 9.17) is 9.47 Å². The van der Waals surface area contributed by atoms with Gasteiger partial charge >= 0.3 is 0 Å². The second-order valence-corrected chi connectivity index (χ2v) is 3.31. The largest absolute Gasteiger partial charge is 0.368 e. The summed E-state index contributed by atoms with van der Waals surface area (Å²) in [6.07, 6.45) is 0.729. The first kappa shape index (κ1) is 6.63. The summed E-state index contributed by atoms with van der Waals surface area (Å²) in [6.45, 7) is 1.77. The molecule has 0 aromatic heterocycles. The topological polar surface area (TPSA) is 25.1 Å². The van der Waals surface area contributed by atoms with E-state index in [0.29, 0.717) is 12.2 Å². The van der Waals surface area contributed by atoms with Gasteiger partial charge in [0.2, 0.25) is 0 Å². The van der Waals surface area contributed by atoms with Gasteiger partial charge in [-0.2, -0.15) is 0 Å². The zero-order valence-corrected chi connectivity index (χ0v) is 6.69. The van der Waals surface area contributed by atoms with Gasteiger partial charge in [-0.15, -0.1) is 0 Å². The molecule has 0 N–H and O–H groups in total. The zero-order valence-electron chi connectivity index (χ0n) is 6.69. The molecule has 2 nitrogen and oxygen atoms in total. The van der Waals surface area contributed by atoms with Gasteiger partial charge in [0, 0.05) is 0 Å². The molecule has 2 aliphatic rings. The lowest BCUT2D eigenvalue weighted by molar-refractivity contribution is 0.410. The molecule has 0 radical (unpaired) electrons. The summed E-state index contributed by atoms with van der Waals surface area (Å²) in [5.74, 6) is 0. The van der Waals surface area contributed by atoms with E-state index in [-0.39, 0.29) is 0 Å². The van der Waals surface area contributed by atoms with E-state index in [0.717, 1.165) is 13.2 Å². The first-order valence-electron chi connectivity index (χ1n) is 4.26. The van der Waals surface area contributed by atoms with Gasteiger partial charge in [-0.3, -0.25) is 0 Å². The number of benzene rings is 1. The molecular weight excluding hydrogens is 152 g/mol. The molecule has 0 bridgehead atoms. The van der Waals surface area contributed by atoms with Crippen molar-refractivity contribution in [3.8, 4) is 0 Å². The first-order valence-corrected chi connectivity index (χ1v) is 4.26. The lowest BCUT2D eigenvalue weighted by atomic mass is 10.1. The smallest absolute Gasteiger partial charge is 0.106 e. The van der Waals surface area contributed by atoms with E-state index in [1.165, 1.54) is 11.1 Å². The number of hydrogen-bond acceptors (Lipinski definition) is 2. The maximum absolute atomic E-state index is 5.21. The Kier molecular flexibility index (Phi) is 1.28. The molecule has 12 heavy (non-hydrogen) atoms. The van der Waals surface area contributed by atoms with Crippen LogP contribution in [0.3, 0.4) is 0 Å². The molecule has 2 fully saturated rings. The Hall–Kier alpha value is -0.860. The molecule has 2 heterocycles. The van der Waals surface area contributed by atoms with E-state index in [9.17, 15) is 0 Å². The van der Waals surface area contributed by atoms with E-state index in [1.807, 2.05) is 0 Å². The maximum atomic E-state index is 5.21. The van der Waals surface area contributed by atoms with Crippen LogP contribution in [-0.2, 0) is 9.47 Å². The molecule has 0 unspecified atom stereocenters. The molecule has 2 atom stereocenters. The quantitative estimate of drug-likeness (QED) is 0.620. The molecular formula is C10H10O2. The van der Waals surface area contributed by atoms with E-state index >= 15 is 0 Å². The van der Waals surface area contributed by atoms with E-state index in [2.05, 4.69) is 24.3 Å². The molecule has 1 aromatic carbocycles. The Balaban J connectivity index is 1.93. The van der Waals surface area contributed by atoms with Crippen molar-refractivity contribution in [2.75, 3.05) is 13.2 Å². The molecule has 0 aliphatic carbocycles. The number of hydrogen-bond donors (Lipinski definition) is 0. The monoisotopic (exact) mass is 162 g/mol. The Morgan fingerprint density at radius 3 is 1.92 bits per heavy atom. The number of ether oxygens (including phenoxy) is 2. The summed E-state index contributed by atoms with van der Waals surface area (Å²) in [5.41, 5.74) is 2.59. The van der Waals surface area contributed by atoms with Crippen LogP contribution in [0.5, 0.6) is 0 Å². The van der Waals surface area contributed by atoms with Crippen molar-refractivity contribution in [3.63, 3.8) is 0 Å². The maximum Gasteiger partial charge on any atom is 0.106 e. The summed E-state index contributed by atoms with van der Waals surface area (Å²) in [7, 11) is 0. The fraction of sp³-hybridized carbons (Fsp3) is 0.400. The van der Waals surface area contributed by atoms with Crippen LogP contribution in [0.15, 0.2) is 24.3 Å². The van der Waals surface area contributed by atoms with Crippen molar-refractivity contribution in [1.29, 1.82) is 0 Å². The molecule has 0 spiro atoms. The van der Waals surface area contributed by atoms with Crippen LogP contribution in [0.25, 0.3) is 0 Å². The summed E-state index contributed by atoms with van der Waals surface area (Å²) < 4.78 is 10.4. The highest BCUT2D eigenvalue weighted by molar-refractivity contribution is 5.29. The second kappa shape index (κ2) is 2.31. The minimum atomic E-state index is 0.365. The number of rotatable bonds is 2. The SMILES string of the molecule is c1cc([C@@H]2CO2)cc([C@@H]2CO2)c1.